The summed E-state index contributed by atoms with van der Waals surface area (Å²) in [4.78, 5) is 27.3. The van der Waals surface area contributed by atoms with Crippen LogP contribution < -0.4 is 9.64 Å². The molecule has 1 saturated carbocycles. The lowest BCUT2D eigenvalue weighted by atomic mass is 9.73. The Bertz CT molecular complexity index is 802. The van der Waals surface area contributed by atoms with E-state index in [4.69, 9.17) is 4.74 Å². The Morgan fingerprint density at radius 3 is 2.32 bits per heavy atom. The predicted octanol–water partition coefficient (Wildman–Crippen LogP) is 3.77. The number of benzene rings is 2. The number of nitrogens with zero attached hydrogens (tertiary/aromatic N) is 1. The van der Waals surface area contributed by atoms with Crippen LogP contribution >= 0.6 is 0 Å². The molecule has 0 radical (unpaired) electrons. The van der Waals surface area contributed by atoms with E-state index < -0.39 is 0 Å². The van der Waals surface area contributed by atoms with Crippen molar-refractivity contribution in [1.82, 2.24) is 0 Å². The maximum absolute atomic E-state index is 13.0. The molecule has 1 aliphatic heterocycles. The standard InChI is InChI=1S/C21H21NO3/c1-25-19-10-6-5-9-18(19)22-20(23)16-12-11-15(13-17(16)21(22)24)14-7-3-2-4-8-14/h2-10,15-17H,11-13H2,1H3/t15-,16-,17-/m0/s1. The van der Waals surface area contributed by atoms with E-state index in [1.807, 2.05) is 30.3 Å². The third-order valence-electron chi connectivity index (χ3n) is 5.52. The van der Waals surface area contributed by atoms with Gasteiger partial charge < -0.3 is 4.74 Å². The SMILES string of the molecule is COc1ccccc1N1C(=O)[C@H]2CC[C@H](c3ccccc3)C[C@@H]2C1=O. The van der Waals surface area contributed by atoms with Gasteiger partial charge >= 0.3 is 0 Å². The van der Waals surface area contributed by atoms with E-state index in [0.29, 0.717) is 17.4 Å². The Kier molecular flexibility index (Phi) is 4.04. The molecule has 128 valence electrons. The van der Waals surface area contributed by atoms with Crippen LogP contribution in [0.1, 0.15) is 30.7 Å². The summed E-state index contributed by atoms with van der Waals surface area (Å²) in [6.07, 6.45) is 2.45. The Balaban J connectivity index is 1.63. The second kappa shape index (κ2) is 6.36. The highest BCUT2D eigenvalue weighted by atomic mass is 16.5. The fraction of sp³-hybridized carbons (Fsp3) is 0.333. The summed E-state index contributed by atoms with van der Waals surface area (Å²) in [5, 5.41) is 0. The van der Waals surface area contributed by atoms with Crippen LogP contribution in [0.3, 0.4) is 0 Å². The van der Waals surface area contributed by atoms with E-state index in [2.05, 4.69) is 12.1 Å². The van der Waals surface area contributed by atoms with Crippen LogP contribution in [0.15, 0.2) is 54.6 Å². The Hall–Kier alpha value is -2.62. The Labute approximate surface area is 147 Å². The van der Waals surface area contributed by atoms with E-state index in [0.717, 1.165) is 19.3 Å². The average Bonchev–Trinajstić information content (AvgIpc) is 2.92. The fourth-order valence-electron chi connectivity index (χ4n) is 4.26. The number of anilines is 1. The monoisotopic (exact) mass is 335 g/mol. The van der Waals surface area contributed by atoms with Crippen molar-refractivity contribution in [2.45, 2.75) is 25.2 Å². The highest BCUT2D eigenvalue weighted by Gasteiger charge is 2.51. The molecule has 2 aromatic rings. The van der Waals surface area contributed by atoms with Gasteiger partial charge in [0.05, 0.1) is 24.6 Å². The van der Waals surface area contributed by atoms with E-state index in [1.165, 1.54) is 10.5 Å². The molecule has 2 fully saturated rings. The number of carbonyl (C=O) groups excluding carboxylic acids is 2. The molecule has 0 bridgehead atoms. The molecule has 1 heterocycles. The van der Waals surface area contributed by atoms with Gasteiger partial charge in [0.1, 0.15) is 5.75 Å². The van der Waals surface area contributed by atoms with Gasteiger partial charge in [-0.2, -0.15) is 0 Å². The summed E-state index contributed by atoms with van der Waals surface area (Å²) < 4.78 is 5.35. The summed E-state index contributed by atoms with van der Waals surface area (Å²) >= 11 is 0. The molecule has 0 spiro atoms. The first kappa shape index (κ1) is 15.9. The lowest BCUT2D eigenvalue weighted by Crippen LogP contribution is -2.31. The van der Waals surface area contributed by atoms with Crippen LogP contribution in [-0.4, -0.2) is 18.9 Å². The third-order valence-corrected chi connectivity index (χ3v) is 5.52. The first-order valence-corrected chi connectivity index (χ1v) is 8.76. The van der Waals surface area contributed by atoms with Crippen molar-refractivity contribution >= 4 is 17.5 Å². The van der Waals surface area contributed by atoms with E-state index in [9.17, 15) is 9.59 Å². The maximum Gasteiger partial charge on any atom is 0.237 e. The minimum atomic E-state index is -0.226. The molecule has 3 atom stereocenters. The predicted molar refractivity (Wildman–Crippen MR) is 95.5 cm³/mol. The molecular formula is C21H21NO3. The van der Waals surface area contributed by atoms with Crippen molar-refractivity contribution in [2.75, 3.05) is 12.0 Å². The van der Waals surface area contributed by atoms with E-state index >= 15 is 0 Å². The van der Waals surface area contributed by atoms with Crippen molar-refractivity contribution in [2.24, 2.45) is 11.8 Å². The minimum absolute atomic E-state index is 0.0778. The molecule has 0 aromatic heterocycles. The summed E-state index contributed by atoms with van der Waals surface area (Å²) in [7, 11) is 1.56. The first-order chi connectivity index (χ1) is 12.2. The summed E-state index contributed by atoms with van der Waals surface area (Å²) in [5.41, 5.74) is 1.82. The zero-order chi connectivity index (χ0) is 17.4. The highest BCUT2D eigenvalue weighted by Crippen LogP contribution is 2.46. The van der Waals surface area contributed by atoms with E-state index in [-0.39, 0.29) is 23.7 Å². The molecule has 4 rings (SSSR count). The number of methoxy groups -OCH3 is 1. The first-order valence-electron chi connectivity index (χ1n) is 8.76. The molecule has 2 amide bonds. The lowest BCUT2D eigenvalue weighted by molar-refractivity contribution is -0.122. The van der Waals surface area contributed by atoms with Gasteiger partial charge in [-0.05, 0) is 42.9 Å². The summed E-state index contributed by atoms with van der Waals surface area (Å²) in [6.45, 7) is 0. The van der Waals surface area contributed by atoms with Crippen molar-refractivity contribution in [3.63, 3.8) is 0 Å². The van der Waals surface area contributed by atoms with Gasteiger partial charge in [-0.1, -0.05) is 42.5 Å². The second-order valence-electron chi connectivity index (χ2n) is 6.82. The molecule has 4 heteroatoms. The Morgan fingerprint density at radius 2 is 1.56 bits per heavy atom. The number of carbonyl (C=O) groups is 2. The number of rotatable bonds is 3. The number of hydrogen-bond acceptors (Lipinski definition) is 3. The van der Waals surface area contributed by atoms with Gasteiger partial charge in [0, 0.05) is 0 Å². The largest absolute Gasteiger partial charge is 0.495 e. The summed E-state index contributed by atoms with van der Waals surface area (Å²) in [6, 6.07) is 17.5. The average molecular weight is 335 g/mol. The highest BCUT2D eigenvalue weighted by molar-refractivity contribution is 6.22. The topological polar surface area (TPSA) is 46.6 Å². The smallest absolute Gasteiger partial charge is 0.237 e. The number of amides is 2. The van der Waals surface area contributed by atoms with Gasteiger partial charge in [-0.15, -0.1) is 0 Å². The lowest BCUT2D eigenvalue weighted by Gasteiger charge is -2.28. The van der Waals surface area contributed by atoms with Crippen LogP contribution in [0.25, 0.3) is 0 Å². The normalized spacial score (nSPS) is 25.8. The van der Waals surface area contributed by atoms with Gasteiger partial charge in [0.2, 0.25) is 11.8 Å². The molecule has 1 aliphatic carbocycles. The molecule has 2 aliphatic rings. The van der Waals surface area contributed by atoms with Gasteiger partial charge in [0.25, 0.3) is 0 Å². The maximum atomic E-state index is 13.0. The van der Waals surface area contributed by atoms with Crippen LogP contribution in [0.2, 0.25) is 0 Å². The quantitative estimate of drug-likeness (QED) is 0.802. The van der Waals surface area contributed by atoms with Gasteiger partial charge in [-0.25, -0.2) is 4.90 Å². The Morgan fingerprint density at radius 1 is 0.880 bits per heavy atom. The molecule has 1 saturated heterocycles. The second-order valence-corrected chi connectivity index (χ2v) is 6.82. The van der Waals surface area contributed by atoms with Crippen molar-refractivity contribution in [1.29, 1.82) is 0 Å². The molecule has 0 N–H and O–H groups in total. The van der Waals surface area contributed by atoms with E-state index in [1.54, 1.807) is 19.2 Å². The van der Waals surface area contributed by atoms with Crippen LogP contribution in [0.4, 0.5) is 5.69 Å². The number of ether oxygens (including phenoxy) is 1. The van der Waals surface area contributed by atoms with Crippen molar-refractivity contribution in [3.05, 3.63) is 60.2 Å². The van der Waals surface area contributed by atoms with Gasteiger partial charge in [0.15, 0.2) is 0 Å². The molecule has 0 unspecified atom stereocenters. The molecule has 4 nitrogen and oxygen atoms in total. The van der Waals surface area contributed by atoms with Crippen molar-refractivity contribution < 1.29 is 14.3 Å². The van der Waals surface area contributed by atoms with Crippen LogP contribution in [0.5, 0.6) is 5.75 Å². The molecule has 2 aromatic carbocycles. The van der Waals surface area contributed by atoms with Crippen LogP contribution in [-0.2, 0) is 9.59 Å². The number of para-hydroxylation sites is 2. The fourth-order valence-corrected chi connectivity index (χ4v) is 4.26. The van der Waals surface area contributed by atoms with Crippen LogP contribution in [0, 0.1) is 11.8 Å². The zero-order valence-corrected chi connectivity index (χ0v) is 14.2. The minimum Gasteiger partial charge on any atom is -0.495 e. The number of fused-ring (bicyclic) bond motifs is 1. The number of imide groups is 1. The molecular weight excluding hydrogens is 314 g/mol. The molecule has 25 heavy (non-hydrogen) atoms. The summed E-state index contributed by atoms with van der Waals surface area (Å²) in [5.74, 6) is 0.319. The van der Waals surface area contributed by atoms with Crippen molar-refractivity contribution in [3.8, 4) is 5.75 Å². The third kappa shape index (κ3) is 2.62. The zero-order valence-electron chi connectivity index (χ0n) is 14.2. The number of hydrogen-bond donors (Lipinski definition) is 0. The van der Waals surface area contributed by atoms with Gasteiger partial charge in [-0.3, -0.25) is 9.59 Å².